The fraction of sp³-hybridized carbons (Fsp3) is 0.750. The first-order valence-electron chi connectivity index (χ1n) is 4.47. The van der Waals surface area contributed by atoms with Crippen molar-refractivity contribution in [1.82, 2.24) is 14.8 Å². The van der Waals surface area contributed by atoms with Gasteiger partial charge in [-0.2, -0.15) is 16.9 Å². The Morgan fingerprint density at radius 1 is 1.77 bits per heavy atom. The van der Waals surface area contributed by atoms with Crippen LogP contribution < -0.4 is 0 Å². The van der Waals surface area contributed by atoms with E-state index in [4.69, 9.17) is 12.2 Å². The van der Waals surface area contributed by atoms with E-state index in [0.29, 0.717) is 0 Å². The van der Waals surface area contributed by atoms with Crippen molar-refractivity contribution in [2.45, 2.75) is 19.9 Å². The first-order valence-corrected chi connectivity index (χ1v) is 6.03. The van der Waals surface area contributed by atoms with Gasteiger partial charge < -0.3 is 4.57 Å². The number of aromatic amines is 1. The van der Waals surface area contributed by atoms with Gasteiger partial charge in [-0.15, -0.1) is 0 Å². The van der Waals surface area contributed by atoms with E-state index >= 15 is 0 Å². The zero-order valence-corrected chi connectivity index (χ0v) is 9.25. The minimum Gasteiger partial charge on any atom is -0.304 e. The van der Waals surface area contributed by atoms with E-state index in [1.54, 1.807) is 0 Å². The number of nitrogens with zero attached hydrogens (tertiary/aromatic N) is 2. The lowest BCUT2D eigenvalue weighted by molar-refractivity contribution is 0.481. The third-order valence-electron chi connectivity index (χ3n) is 2.41. The number of aromatic nitrogens is 3. The maximum Gasteiger partial charge on any atom is 0.195 e. The van der Waals surface area contributed by atoms with E-state index < -0.39 is 0 Å². The number of thioether (sulfide) groups is 1. The van der Waals surface area contributed by atoms with Gasteiger partial charge in [-0.1, -0.05) is 0 Å². The molecule has 1 N–H and O–H groups in total. The SMILES string of the molecule is Cc1n[nH]c(=S)n1CC1CCSC1. The monoisotopic (exact) mass is 215 g/mol. The molecule has 72 valence electrons. The van der Waals surface area contributed by atoms with E-state index in [2.05, 4.69) is 14.8 Å². The first-order chi connectivity index (χ1) is 6.27. The Morgan fingerprint density at radius 2 is 2.62 bits per heavy atom. The normalized spacial score (nSPS) is 22.4. The van der Waals surface area contributed by atoms with E-state index in [9.17, 15) is 0 Å². The largest absolute Gasteiger partial charge is 0.304 e. The van der Waals surface area contributed by atoms with Gasteiger partial charge >= 0.3 is 0 Å². The summed E-state index contributed by atoms with van der Waals surface area (Å²) in [6.07, 6.45) is 1.32. The van der Waals surface area contributed by atoms with Crippen LogP contribution in [0.1, 0.15) is 12.2 Å². The van der Waals surface area contributed by atoms with Gasteiger partial charge in [0.15, 0.2) is 4.77 Å². The van der Waals surface area contributed by atoms with Gasteiger partial charge in [0.2, 0.25) is 0 Å². The topological polar surface area (TPSA) is 33.6 Å². The molecular formula is C8H13N3S2. The Labute approximate surface area is 86.9 Å². The number of rotatable bonds is 2. The van der Waals surface area contributed by atoms with E-state index in [-0.39, 0.29) is 0 Å². The van der Waals surface area contributed by atoms with E-state index in [0.717, 1.165) is 23.1 Å². The third kappa shape index (κ3) is 1.96. The zero-order valence-electron chi connectivity index (χ0n) is 7.62. The van der Waals surface area contributed by atoms with Gasteiger partial charge in [-0.25, -0.2) is 0 Å². The summed E-state index contributed by atoms with van der Waals surface area (Å²) in [4.78, 5) is 0. The standard InChI is InChI=1S/C8H13N3S2/c1-6-9-10-8(12)11(6)4-7-2-3-13-5-7/h7H,2-5H2,1H3,(H,10,12). The van der Waals surface area contributed by atoms with Crippen molar-refractivity contribution >= 4 is 24.0 Å². The van der Waals surface area contributed by atoms with Crippen molar-refractivity contribution in [3.8, 4) is 0 Å². The Morgan fingerprint density at radius 3 is 3.15 bits per heavy atom. The first kappa shape index (κ1) is 9.27. The number of nitrogens with one attached hydrogen (secondary N) is 1. The maximum atomic E-state index is 5.15. The molecule has 5 heteroatoms. The molecule has 0 aliphatic carbocycles. The van der Waals surface area contributed by atoms with Crippen LogP contribution in [0.25, 0.3) is 0 Å². The quantitative estimate of drug-likeness (QED) is 0.766. The molecule has 1 aromatic heterocycles. The molecular weight excluding hydrogens is 202 g/mol. The minimum absolute atomic E-state index is 0.759. The summed E-state index contributed by atoms with van der Waals surface area (Å²) in [6.45, 7) is 3.03. The summed E-state index contributed by atoms with van der Waals surface area (Å²) < 4.78 is 2.86. The molecule has 1 fully saturated rings. The summed E-state index contributed by atoms with van der Waals surface area (Å²) in [5.74, 6) is 4.36. The lowest BCUT2D eigenvalue weighted by atomic mass is 10.1. The Bertz CT molecular complexity index is 335. The van der Waals surface area contributed by atoms with Gasteiger partial charge in [0.05, 0.1) is 0 Å². The van der Waals surface area contributed by atoms with Crippen molar-refractivity contribution < 1.29 is 0 Å². The fourth-order valence-electron chi connectivity index (χ4n) is 1.60. The van der Waals surface area contributed by atoms with Crippen LogP contribution in [0.5, 0.6) is 0 Å². The minimum atomic E-state index is 0.759. The average molecular weight is 215 g/mol. The lowest BCUT2D eigenvalue weighted by Gasteiger charge is -2.09. The molecule has 0 radical (unpaired) electrons. The highest BCUT2D eigenvalue weighted by Gasteiger charge is 2.17. The molecule has 0 bridgehead atoms. The Hall–Kier alpha value is -0.290. The molecule has 0 aromatic carbocycles. The molecule has 1 aliphatic rings. The number of H-pyrrole nitrogens is 1. The summed E-state index contributed by atoms with van der Waals surface area (Å²) in [7, 11) is 0. The van der Waals surface area contributed by atoms with Crippen molar-refractivity contribution in [2.24, 2.45) is 5.92 Å². The Kier molecular flexibility index (Phi) is 2.74. The molecule has 2 rings (SSSR count). The molecule has 1 saturated heterocycles. The van der Waals surface area contributed by atoms with Crippen molar-refractivity contribution in [3.63, 3.8) is 0 Å². The zero-order chi connectivity index (χ0) is 9.26. The van der Waals surface area contributed by atoms with Crippen LogP contribution in [-0.2, 0) is 6.54 Å². The third-order valence-corrected chi connectivity index (χ3v) is 3.96. The number of hydrogen-bond donors (Lipinski definition) is 1. The van der Waals surface area contributed by atoms with Crippen LogP contribution in [0.4, 0.5) is 0 Å². The fourth-order valence-corrected chi connectivity index (χ4v) is 3.12. The van der Waals surface area contributed by atoms with E-state index in [1.165, 1.54) is 17.9 Å². The van der Waals surface area contributed by atoms with Crippen molar-refractivity contribution in [2.75, 3.05) is 11.5 Å². The highest BCUT2D eigenvalue weighted by molar-refractivity contribution is 7.99. The van der Waals surface area contributed by atoms with Gasteiger partial charge in [-0.05, 0) is 43.0 Å². The molecule has 13 heavy (non-hydrogen) atoms. The van der Waals surface area contributed by atoms with Crippen LogP contribution in [0.3, 0.4) is 0 Å². The van der Waals surface area contributed by atoms with Gasteiger partial charge in [0.25, 0.3) is 0 Å². The van der Waals surface area contributed by atoms with Crippen LogP contribution in [0, 0.1) is 17.6 Å². The highest BCUT2D eigenvalue weighted by atomic mass is 32.2. The molecule has 0 spiro atoms. The molecule has 1 aliphatic heterocycles. The molecule has 3 nitrogen and oxygen atoms in total. The Balaban J connectivity index is 2.12. The van der Waals surface area contributed by atoms with Crippen LogP contribution >= 0.6 is 24.0 Å². The molecule has 1 atom stereocenters. The molecule has 1 unspecified atom stereocenters. The highest BCUT2D eigenvalue weighted by Crippen LogP contribution is 2.24. The average Bonchev–Trinajstić information content (AvgIpc) is 2.70. The summed E-state index contributed by atoms with van der Waals surface area (Å²) in [6, 6.07) is 0. The maximum absolute atomic E-state index is 5.15. The molecule has 0 saturated carbocycles. The number of hydrogen-bond acceptors (Lipinski definition) is 3. The number of aryl methyl sites for hydroxylation is 1. The summed E-state index contributed by atoms with van der Waals surface area (Å²) in [5.41, 5.74) is 0. The van der Waals surface area contributed by atoms with Gasteiger partial charge in [0, 0.05) is 6.54 Å². The predicted molar refractivity (Wildman–Crippen MR) is 57.6 cm³/mol. The van der Waals surface area contributed by atoms with Crippen LogP contribution in [0.2, 0.25) is 0 Å². The van der Waals surface area contributed by atoms with Gasteiger partial charge in [0.1, 0.15) is 5.82 Å². The summed E-state index contributed by atoms with van der Waals surface area (Å²) >= 11 is 7.18. The van der Waals surface area contributed by atoms with Crippen molar-refractivity contribution in [3.05, 3.63) is 10.6 Å². The van der Waals surface area contributed by atoms with E-state index in [1.807, 2.05) is 18.7 Å². The lowest BCUT2D eigenvalue weighted by Crippen LogP contribution is -2.11. The molecule has 1 aromatic rings. The molecule has 2 heterocycles. The summed E-state index contributed by atoms with van der Waals surface area (Å²) in [5, 5.41) is 6.92. The smallest absolute Gasteiger partial charge is 0.195 e. The predicted octanol–water partition coefficient (Wildman–Crippen LogP) is 2.00. The van der Waals surface area contributed by atoms with Crippen LogP contribution in [0.15, 0.2) is 0 Å². The van der Waals surface area contributed by atoms with Crippen LogP contribution in [-0.4, -0.2) is 26.3 Å². The van der Waals surface area contributed by atoms with Crippen molar-refractivity contribution in [1.29, 1.82) is 0 Å². The molecule has 0 amide bonds. The second kappa shape index (κ2) is 3.84. The second-order valence-electron chi connectivity index (χ2n) is 3.42. The van der Waals surface area contributed by atoms with Gasteiger partial charge in [-0.3, -0.25) is 5.10 Å². The second-order valence-corrected chi connectivity index (χ2v) is 4.95.